The molecule has 0 aliphatic carbocycles. The van der Waals surface area contributed by atoms with Gasteiger partial charge in [0.05, 0.1) is 12.7 Å². The molecule has 0 unspecified atom stereocenters. The summed E-state index contributed by atoms with van der Waals surface area (Å²) in [7, 11) is 1.38. The van der Waals surface area contributed by atoms with Gasteiger partial charge in [-0.25, -0.2) is 4.79 Å². The van der Waals surface area contributed by atoms with Gasteiger partial charge in [-0.1, -0.05) is 29.8 Å². The molecule has 3 rings (SSSR count). The Morgan fingerprint density at radius 1 is 1.14 bits per heavy atom. The molecule has 0 saturated carbocycles. The molecule has 0 bridgehead atoms. The molecular formula is C17H14ClNO2. The van der Waals surface area contributed by atoms with Crippen molar-refractivity contribution in [3.8, 4) is 0 Å². The molecule has 0 fully saturated rings. The summed E-state index contributed by atoms with van der Waals surface area (Å²) in [5.41, 5.74) is 3.75. The van der Waals surface area contributed by atoms with Crippen LogP contribution in [0.15, 0.2) is 48.5 Å². The van der Waals surface area contributed by atoms with E-state index in [2.05, 4.69) is 11.1 Å². The highest BCUT2D eigenvalue weighted by molar-refractivity contribution is 6.30. The minimum Gasteiger partial charge on any atom is -0.465 e. The van der Waals surface area contributed by atoms with Gasteiger partial charge in [-0.3, -0.25) is 0 Å². The Kier molecular flexibility index (Phi) is 3.67. The molecule has 1 aromatic heterocycles. The molecule has 0 aliphatic heterocycles. The third-order valence-electron chi connectivity index (χ3n) is 3.41. The van der Waals surface area contributed by atoms with Crippen LogP contribution in [0.3, 0.4) is 0 Å². The van der Waals surface area contributed by atoms with Crippen molar-refractivity contribution >= 4 is 28.5 Å². The SMILES string of the molecule is COC(=O)c1ccc2cc(Cc3ccc(Cl)cc3)[nH]c2c1. The Morgan fingerprint density at radius 2 is 1.90 bits per heavy atom. The van der Waals surface area contributed by atoms with E-state index < -0.39 is 0 Å². The zero-order valence-corrected chi connectivity index (χ0v) is 12.3. The van der Waals surface area contributed by atoms with Crippen molar-refractivity contribution in [2.45, 2.75) is 6.42 Å². The molecule has 1 N–H and O–H groups in total. The molecule has 0 amide bonds. The van der Waals surface area contributed by atoms with Crippen molar-refractivity contribution in [2.24, 2.45) is 0 Å². The summed E-state index contributed by atoms with van der Waals surface area (Å²) in [6.45, 7) is 0. The van der Waals surface area contributed by atoms with Gasteiger partial charge in [0.1, 0.15) is 0 Å². The maximum Gasteiger partial charge on any atom is 0.337 e. The molecule has 0 aliphatic rings. The van der Waals surface area contributed by atoms with Crippen molar-refractivity contribution in [3.63, 3.8) is 0 Å². The van der Waals surface area contributed by atoms with Crippen LogP contribution in [0.4, 0.5) is 0 Å². The lowest BCUT2D eigenvalue weighted by atomic mass is 10.1. The third-order valence-corrected chi connectivity index (χ3v) is 3.66. The van der Waals surface area contributed by atoms with Crippen molar-refractivity contribution in [1.29, 1.82) is 0 Å². The zero-order chi connectivity index (χ0) is 14.8. The quantitative estimate of drug-likeness (QED) is 0.737. The molecule has 4 heteroatoms. The highest BCUT2D eigenvalue weighted by Gasteiger charge is 2.08. The monoisotopic (exact) mass is 299 g/mol. The number of aromatic nitrogens is 1. The number of carbonyl (C=O) groups is 1. The number of hydrogen-bond donors (Lipinski definition) is 1. The number of fused-ring (bicyclic) bond motifs is 1. The molecule has 0 saturated heterocycles. The van der Waals surface area contributed by atoms with Crippen molar-refractivity contribution < 1.29 is 9.53 Å². The van der Waals surface area contributed by atoms with Crippen molar-refractivity contribution in [1.82, 2.24) is 4.98 Å². The summed E-state index contributed by atoms with van der Waals surface area (Å²) < 4.78 is 4.73. The van der Waals surface area contributed by atoms with Crippen LogP contribution in [-0.2, 0) is 11.2 Å². The fraction of sp³-hybridized carbons (Fsp3) is 0.118. The number of ether oxygens (including phenoxy) is 1. The highest BCUT2D eigenvalue weighted by Crippen LogP contribution is 2.20. The number of halogens is 1. The molecule has 106 valence electrons. The van der Waals surface area contributed by atoms with Gasteiger partial charge in [0.15, 0.2) is 0 Å². The minimum atomic E-state index is -0.328. The number of aromatic amines is 1. The number of H-pyrrole nitrogens is 1. The van der Waals surface area contributed by atoms with E-state index in [0.29, 0.717) is 5.56 Å². The van der Waals surface area contributed by atoms with E-state index in [1.807, 2.05) is 36.4 Å². The smallest absolute Gasteiger partial charge is 0.337 e. The van der Waals surface area contributed by atoms with E-state index >= 15 is 0 Å². The standard InChI is InChI=1S/C17H14ClNO2/c1-21-17(20)13-5-4-12-9-15(19-16(12)10-13)8-11-2-6-14(18)7-3-11/h2-7,9-10,19H,8H2,1H3. The molecule has 0 radical (unpaired) electrons. The van der Waals surface area contributed by atoms with Crippen LogP contribution in [0.25, 0.3) is 10.9 Å². The van der Waals surface area contributed by atoms with Crippen LogP contribution in [0.5, 0.6) is 0 Å². The normalized spacial score (nSPS) is 10.8. The second kappa shape index (κ2) is 5.62. The summed E-state index contributed by atoms with van der Waals surface area (Å²) in [5.74, 6) is -0.328. The number of rotatable bonds is 3. The summed E-state index contributed by atoms with van der Waals surface area (Å²) in [6.07, 6.45) is 0.791. The van der Waals surface area contributed by atoms with E-state index in [1.54, 1.807) is 6.07 Å². The molecular weight excluding hydrogens is 286 g/mol. The van der Waals surface area contributed by atoms with Gasteiger partial charge in [0, 0.05) is 22.7 Å². The highest BCUT2D eigenvalue weighted by atomic mass is 35.5. The largest absolute Gasteiger partial charge is 0.465 e. The van der Waals surface area contributed by atoms with Crippen LogP contribution in [0.2, 0.25) is 5.02 Å². The first-order chi connectivity index (χ1) is 10.2. The summed E-state index contributed by atoms with van der Waals surface area (Å²) in [6, 6.07) is 15.4. The topological polar surface area (TPSA) is 42.1 Å². The van der Waals surface area contributed by atoms with Crippen molar-refractivity contribution in [3.05, 3.63) is 70.4 Å². The van der Waals surface area contributed by atoms with E-state index in [9.17, 15) is 4.79 Å². The number of nitrogens with one attached hydrogen (secondary N) is 1. The first kappa shape index (κ1) is 13.7. The van der Waals surface area contributed by atoms with Gasteiger partial charge in [0.25, 0.3) is 0 Å². The summed E-state index contributed by atoms with van der Waals surface area (Å²) in [4.78, 5) is 14.9. The Bertz CT molecular complexity index is 790. The fourth-order valence-corrected chi connectivity index (χ4v) is 2.48. The number of methoxy groups -OCH3 is 1. The number of benzene rings is 2. The van der Waals surface area contributed by atoms with E-state index in [-0.39, 0.29) is 5.97 Å². The first-order valence-electron chi connectivity index (χ1n) is 6.60. The Hall–Kier alpha value is -2.26. The molecule has 2 aromatic carbocycles. The average molecular weight is 300 g/mol. The second-order valence-electron chi connectivity index (χ2n) is 4.89. The molecule has 1 heterocycles. The lowest BCUT2D eigenvalue weighted by Gasteiger charge is -1.99. The Balaban J connectivity index is 1.90. The van der Waals surface area contributed by atoms with Gasteiger partial charge in [-0.2, -0.15) is 0 Å². The van der Waals surface area contributed by atoms with Gasteiger partial charge in [0.2, 0.25) is 0 Å². The molecule has 3 aromatic rings. The van der Waals surface area contributed by atoms with Crippen LogP contribution < -0.4 is 0 Å². The first-order valence-corrected chi connectivity index (χ1v) is 6.98. The van der Waals surface area contributed by atoms with Gasteiger partial charge >= 0.3 is 5.97 Å². The van der Waals surface area contributed by atoms with Crippen LogP contribution in [-0.4, -0.2) is 18.1 Å². The maximum atomic E-state index is 11.5. The van der Waals surface area contributed by atoms with Gasteiger partial charge in [-0.15, -0.1) is 0 Å². The number of esters is 1. The van der Waals surface area contributed by atoms with Crippen LogP contribution in [0, 0.1) is 0 Å². The summed E-state index contributed by atoms with van der Waals surface area (Å²) in [5, 5.41) is 1.81. The Morgan fingerprint density at radius 3 is 2.62 bits per heavy atom. The lowest BCUT2D eigenvalue weighted by molar-refractivity contribution is 0.0601. The zero-order valence-electron chi connectivity index (χ0n) is 11.5. The predicted molar refractivity (Wildman–Crippen MR) is 83.9 cm³/mol. The second-order valence-corrected chi connectivity index (χ2v) is 5.33. The van der Waals surface area contributed by atoms with Gasteiger partial charge in [-0.05, 0) is 41.3 Å². The number of hydrogen-bond acceptors (Lipinski definition) is 2. The predicted octanol–water partition coefficient (Wildman–Crippen LogP) is 4.20. The fourth-order valence-electron chi connectivity index (χ4n) is 2.35. The third kappa shape index (κ3) is 2.93. The van der Waals surface area contributed by atoms with Crippen molar-refractivity contribution in [2.75, 3.05) is 7.11 Å². The van der Waals surface area contributed by atoms with Gasteiger partial charge < -0.3 is 9.72 Å². The Labute approximate surface area is 127 Å². The molecule has 3 nitrogen and oxygen atoms in total. The van der Waals surface area contributed by atoms with E-state index in [0.717, 1.165) is 28.0 Å². The maximum absolute atomic E-state index is 11.5. The van der Waals surface area contributed by atoms with Crippen LogP contribution >= 0.6 is 11.6 Å². The van der Waals surface area contributed by atoms with Crippen LogP contribution in [0.1, 0.15) is 21.6 Å². The molecule has 21 heavy (non-hydrogen) atoms. The molecule has 0 atom stereocenters. The average Bonchev–Trinajstić information content (AvgIpc) is 2.90. The lowest BCUT2D eigenvalue weighted by Crippen LogP contribution is -2.00. The van der Waals surface area contributed by atoms with E-state index in [4.69, 9.17) is 16.3 Å². The summed E-state index contributed by atoms with van der Waals surface area (Å²) >= 11 is 5.89. The number of carbonyl (C=O) groups excluding carboxylic acids is 1. The van der Waals surface area contributed by atoms with E-state index in [1.165, 1.54) is 12.7 Å². The minimum absolute atomic E-state index is 0.328. The molecule has 0 spiro atoms.